The summed E-state index contributed by atoms with van der Waals surface area (Å²) in [6.45, 7) is 0. The van der Waals surface area contributed by atoms with Gasteiger partial charge in [-0.05, 0) is 47.5 Å². The van der Waals surface area contributed by atoms with Crippen LogP contribution in [0.25, 0.3) is 12.2 Å². The number of carbonyl (C=O) groups excluding carboxylic acids is 1. The average Bonchev–Trinajstić information content (AvgIpc) is 2.82. The molecule has 6 heteroatoms. The van der Waals surface area contributed by atoms with Crippen LogP contribution in [-0.4, -0.2) is 33.3 Å². The third kappa shape index (κ3) is 5.55. The van der Waals surface area contributed by atoms with E-state index >= 15 is 0 Å². The van der Waals surface area contributed by atoms with Crippen LogP contribution in [0.3, 0.4) is 0 Å². The first-order valence-corrected chi connectivity index (χ1v) is 10.0. The molecule has 6 nitrogen and oxygen atoms in total. The highest BCUT2D eigenvalue weighted by molar-refractivity contribution is 6.07. The zero-order chi connectivity index (χ0) is 22.9. The number of nitrogens with two attached hydrogens (primary N) is 1. The van der Waals surface area contributed by atoms with E-state index in [1.54, 1.807) is 51.8 Å². The van der Waals surface area contributed by atoms with E-state index in [0.717, 1.165) is 16.8 Å². The summed E-state index contributed by atoms with van der Waals surface area (Å²) < 4.78 is 16.2. The smallest absolute Gasteiger partial charge is 0.203 e. The van der Waals surface area contributed by atoms with Gasteiger partial charge in [-0.3, -0.25) is 9.79 Å². The summed E-state index contributed by atoms with van der Waals surface area (Å²) in [6, 6.07) is 18.5. The predicted octanol–water partition coefficient (Wildman–Crippen LogP) is 5.44. The number of nitrogens with zero attached hydrogens (tertiary/aromatic N) is 1. The molecule has 0 aliphatic heterocycles. The highest BCUT2D eigenvalue weighted by Crippen LogP contribution is 2.38. The minimum absolute atomic E-state index is 0.0645. The number of hydrogen-bond donors (Lipinski definition) is 1. The first-order valence-electron chi connectivity index (χ1n) is 10.0. The largest absolute Gasteiger partial charge is 0.493 e. The van der Waals surface area contributed by atoms with E-state index in [2.05, 4.69) is 4.99 Å². The molecule has 2 N–H and O–H groups in total. The zero-order valence-corrected chi connectivity index (χ0v) is 18.4. The van der Waals surface area contributed by atoms with Gasteiger partial charge in [-0.25, -0.2) is 0 Å². The maximum absolute atomic E-state index is 12.3. The van der Waals surface area contributed by atoms with Gasteiger partial charge in [0.1, 0.15) is 0 Å². The first kappa shape index (κ1) is 22.6. The number of rotatable bonds is 9. The molecule has 0 aromatic heterocycles. The van der Waals surface area contributed by atoms with Crippen LogP contribution in [0.1, 0.15) is 27.9 Å². The second-order valence-electron chi connectivity index (χ2n) is 6.91. The van der Waals surface area contributed by atoms with Gasteiger partial charge in [-0.1, -0.05) is 36.4 Å². The van der Waals surface area contributed by atoms with Crippen LogP contribution in [0.2, 0.25) is 0 Å². The Kier molecular flexibility index (Phi) is 7.65. The maximum Gasteiger partial charge on any atom is 0.203 e. The second kappa shape index (κ2) is 10.8. The lowest BCUT2D eigenvalue weighted by atomic mass is 10.1. The number of hydrogen-bond acceptors (Lipinski definition) is 6. The molecule has 32 heavy (non-hydrogen) atoms. The Morgan fingerprint density at radius 2 is 1.56 bits per heavy atom. The highest BCUT2D eigenvalue weighted by Gasteiger charge is 2.12. The molecular weight excluding hydrogens is 404 g/mol. The molecule has 3 aromatic carbocycles. The number of anilines is 1. The molecule has 0 heterocycles. The van der Waals surface area contributed by atoms with Gasteiger partial charge < -0.3 is 19.9 Å². The van der Waals surface area contributed by atoms with Crippen molar-refractivity contribution in [3.05, 3.63) is 77.4 Å². The van der Waals surface area contributed by atoms with Crippen molar-refractivity contribution >= 4 is 35.5 Å². The SMILES string of the molecule is COc1cc(/C=C\c2cccc(N=CCC(=O)c3ccccc3N)c2)cc(OC)c1OC. The number of ketones is 1. The molecule has 0 saturated carbocycles. The number of aliphatic imine (C=N–C) groups is 1. The van der Waals surface area contributed by atoms with Crippen molar-refractivity contribution in [1.29, 1.82) is 0 Å². The first-order chi connectivity index (χ1) is 15.5. The van der Waals surface area contributed by atoms with Crippen LogP contribution < -0.4 is 19.9 Å². The van der Waals surface area contributed by atoms with E-state index in [1.165, 1.54) is 0 Å². The summed E-state index contributed by atoms with van der Waals surface area (Å²) in [6.07, 6.45) is 5.71. The Morgan fingerprint density at radius 3 is 2.22 bits per heavy atom. The summed E-state index contributed by atoms with van der Waals surface area (Å²) in [5.41, 5.74) is 9.48. The van der Waals surface area contributed by atoms with Gasteiger partial charge in [0.2, 0.25) is 5.75 Å². The van der Waals surface area contributed by atoms with Crippen molar-refractivity contribution in [2.75, 3.05) is 27.1 Å². The third-order valence-electron chi connectivity index (χ3n) is 4.80. The minimum atomic E-state index is -0.0645. The molecule has 0 atom stereocenters. The van der Waals surface area contributed by atoms with Crippen LogP contribution >= 0.6 is 0 Å². The van der Waals surface area contributed by atoms with E-state index in [1.807, 2.05) is 48.6 Å². The van der Waals surface area contributed by atoms with Crippen molar-refractivity contribution in [3.63, 3.8) is 0 Å². The molecule has 0 fully saturated rings. The van der Waals surface area contributed by atoms with E-state index in [-0.39, 0.29) is 12.2 Å². The average molecular weight is 431 g/mol. The number of ether oxygens (including phenoxy) is 3. The molecule has 3 aromatic rings. The van der Waals surface area contributed by atoms with Crippen LogP contribution in [0.5, 0.6) is 17.2 Å². The summed E-state index contributed by atoms with van der Waals surface area (Å²) in [7, 11) is 4.75. The van der Waals surface area contributed by atoms with Gasteiger partial charge in [-0.15, -0.1) is 0 Å². The molecule has 0 radical (unpaired) electrons. The second-order valence-corrected chi connectivity index (χ2v) is 6.91. The molecule has 0 amide bonds. The molecule has 0 saturated heterocycles. The predicted molar refractivity (Wildman–Crippen MR) is 129 cm³/mol. The summed E-state index contributed by atoms with van der Waals surface area (Å²) >= 11 is 0. The van der Waals surface area contributed by atoms with E-state index < -0.39 is 0 Å². The highest BCUT2D eigenvalue weighted by atomic mass is 16.5. The summed E-state index contributed by atoms with van der Waals surface area (Å²) in [4.78, 5) is 16.7. The lowest BCUT2D eigenvalue weighted by Gasteiger charge is -2.12. The Morgan fingerprint density at radius 1 is 0.875 bits per heavy atom. The van der Waals surface area contributed by atoms with Crippen LogP contribution in [0, 0.1) is 0 Å². The van der Waals surface area contributed by atoms with E-state index in [9.17, 15) is 4.79 Å². The number of Topliss-reactive ketones (excluding diaryl/α,β-unsaturated/α-hetero) is 1. The van der Waals surface area contributed by atoms with Crippen LogP contribution in [-0.2, 0) is 0 Å². The Labute approximate surface area is 188 Å². The van der Waals surface area contributed by atoms with Crippen LogP contribution in [0.15, 0.2) is 65.7 Å². The maximum atomic E-state index is 12.3. The molecular formula is C26H26N2O4. The van der Waals surface area contributed by atoms with Crippen LogP contribution in [0.4, 0.5) is 11.4 Å². The number of benzene rings is 3. The molecule has 0 spiro atoms. The van der Waals surface area contributed by atoms with E-state index in [0.29, 0.717) is 28.5 Å². The Bertz CT molecular complexity index is 1130. The fourth-order valence-corrected chi connectivity index (χ4v) is 3.19. The van der Waals surface area contributed by atoms with Crippen molar-refractivity contribution in [2.24, 2.45) is 4.99 Å². The quantitative estimate of drug-likeness (QED) is 0.211. The molecule has 0 aliphatic carbocycles. The van der Waals surface area contributed by atoms with Crippen molar-refractivity contribution in [3.8, 4) is 17.2 Å². The fraction of sp³-hybridized carbons (Fsp3) is 0.154. The molecule has 164 valence electrons. The normalized spacial score (nSPS) is 11.1. The lowest BCUT2D eigenvalue weighted by Crippen LogP contribution is -2.03. The fourth-order valence-electron chi connectivity index (χ4n) is 3.19. The summed E-state index contributed by atoms with van der Waals surface area (Å²) in [5, 5.41) is 0. The number of nitrogen functional groups attached to an aromatic ring is 1. The Hall–Kier alpha value is -4.06. The monoisotopic (exact) mass is 430 g/mol. The van der Waals surface area contributed by atoms with Gasteiger partial charge in [0, 0.05) is 23.9 Å². The summed E-state index contributed by atoms with van der Waals surface area (Å²) in [5.74, 6) is 1.67. The van der Waals surface area contributed by atoms with Crippen molar-refractivity contribution in [1.82, 2.24) is 0 Å². The number of para-hydroxylation sites is 1. The molecule has 0 bridgehead atoms. The minimum Gasteiger partial charge on any atom is -0.493 e. The van der Waals surface area contributed by atoms with Gasteiger partial charge in [-0.2, -0.15) is 0 Å². The lowest BCUT2D eigenvalue weighted by molar-refractivity contribution is 0.100. The molecule has 0 aliphatic rings. The topological polar surface area (TPSA) is 83.1 Å². The number of methoxy groups -OCH3 is 3. The van der Waals surface area contributed by atoms with Crippen molar-refractivity contribution in [2.45, 2.75) is 6.42 Å². The van der Waals surface area contributed by atoms with Crippen molar-refractivity contribution < 1.29 is 19.0 Å². The Balaban J connectivity index is 1.72. The molecule has 3 rings (SSSR count). The van der Waals surface area contributed by atoms with E-state index in [4.69, 9.17) is 19.9 Å². The number of carbonyl (C=O) groups is 1. The van der Waals surface area contributed by atoms with Gasteiger partial charge in [0.15, 0.2) is 17.3 Å². The van der Waals surface area contributed by atoms with Gasteiger partial charge in [0.25, 0.3) is 0 Å². The standard InChI is InChI=1S/C26H26N2O4/c1-30-24-16-19(17-25(31-2)26(24)32-3)12-11-18-7-6-8-20(15-18)28-14-13-23(29)21-9-4-5-10-22(21)27/h4-12,14-17H,13,27H2,1-3H3/b12-11-,28-14?. The third-order valence-corrected chi connectivity index (χ3v) is 4.80. The van der Waals surface area contributed by atoms with Gasteiger partial charge in [0.05, 0.1) is 27.0 Å². The molecule has 0 unspecified atom stereocenters. The zero-order valence-electron chi connectivity index (χ0n) is 18.4. The van der Waals surface area contributed by atoms with Gasteiger partial charge >= 0.3 is 0 Å².